The van der Waals surface area contributed by atoms with Crippen molar-refractivity contribution in [3.05, 3.63) is 0 Å². The van der Waals surface area contributed by atoms with E-state index in [2.05, 4.69) is 25.7 Å². The van der Waals surface area contributed by atoms with Crippen molar-refractivity contribution in [1.29, 1.82) is 0 Å². The minimum absolute atomic E-state index is 0.314. The fourth-order valence-electron chi connectivity index (χ4n) is 3.79. The van der Waals surface area contributed by atoms with Gasteiger partial charge in [-0.15, -0.1) is 0 Å². The van der Waals surface area contributed by atoms with E-state index >= 15 is 0 Å². The summed E-state index contributed by atoms with van der Waals surface area (Å²) in [5, 5.41) is 0. The van der Waals surface area contributed by atoms with Gasteiger partial charge in [-0.25, -0.2) is 0 Å². The summed E-state index contributed by atoms with van der Waals surface area (Å²) in [7, 11) is 0. The Hall–Kier alpha value is -0.0800. The van der Waals surface area contributed by atoms with E-state index in [1.54, 1.807) is 0 Å². The first-order valence-electron chi connectivity index (χ1n) is 8.63. The molecule has 2 heteroatoms. The Morgan fingerprint density at radius 1 is 1.05 bits per heavy atom. The first-order chi connectivity index (χ1) is 9.18. The lowest BCUT2D eigenvalue weighted by atomic mass is 9.86. The molecule has 0 saturated heterocycles. The second-order valence-electron chi connectivity index (χ2n) is 6.68. The number of nitrogens with zero attached hydrogens (tertiary/aromatic N) is 1. The Bertz CT molecular complexity index is 219. The molecule has 1 saturated carbocycles. The lowest BCUT2D eigenvalue weighted by molar-refractivity contribution is 0.0619. The Morgan fingerprint density at radius 2 is 1.68 bits per heavy atom. The standard InChI is InChI=1S/C17H36N2/c1-4-10-16(3)14-19(13-5-2)17(15-18)11-8-6-7-9-12-17/h16H,4-15,18H2,1-3H3. The van der Waals surface area contributed by atoms with Crippen molar-refractivity contribution in [3.63, 3.8) is 0 Å². The molecular formula is C17H36N2. The van der Waals surface area contributed by atoms with Gasteiger partial charge in [0.05, 0.1) is 0 Å². The summed E-state index contributed by atoms with van der Waals surface area (Å²) >= 11 is 0. The molecule has 0 heterocycles. The summed E-state index contributed by atoms with van der Waals surface area (Å²) in [5.74, 6) is 0.809. The van der Waals surface area contributed by atoms with Crippen LogP contribution in [0.25, 0.3) is 0 Å². The van der Waals surface area contributed by atoms with Crippen LogP contribution in [0.5, 0.6) is 0 Å². The summed E-state index contributed by atoms with van der Waals surface area (Å²) in [5.41, 5.74) is 6.56. The predicted molar refractivity (Wildman–Crippen MR) is 85.4 cm³/mol. The molecule has 0 aromatic rings. The topological polar surface area (TPSA) is 29.3 Å². The molecule has 1 unspecified atom stereocenters. The van der Waals surface area contributed by atoms with Gasteiger partial charge in [0.15, 0.2) is 0 Å². The fraction of sp³-hybridized carbons (Fsp3) is 1.00. The summed E-state index contributed by atoms with van der Waals surface area (Å²) in [6.07, 6.45) is 12.1. The Kier molecular flexibility index (Phi) is 8.01. The molecule has 114 valence electrons. The zero-order valence-electron chi connectivity index (χ0n) is 13.6. The molecule has 1 aliphatic carbocycles. The van der Waals surface area contributed by atoms with Crippen LogP contribution >= 0.6 is 0 Å². The molecule has 0 radical (unpaired) electrons. The van der Waals surface area contributed by atoms with Crippen molar-refractivity contribution < 1.29 is 0 Å². The largest absolute Gasteiger partial charge is 0.329 e. The monoisotopic (exact) mass is 268 g/mol. The highest BCUT2D eigenvalue weighted by Gasteiger charge is 2.35. The van der Waals surface area contributed by atoms with Crippen molar-refractivity contribution in [2.75, 3.05) is 19.6 Å². The van der Waals surface area contributed by atoms with Gasteiger partial charge in [-0.3, -0.25) is 4.90 Å². The normalized spacial score (nSPS) is 21.3. The maximum absolute atomic E-state index is 6.25. The predicted octanol–water partition coefficient (Wildman–Crippen LogP) is 4.19. The number of nitrogens with two attached hydrogens (primary N) is 1. The van der Waals surface area contributed by atoms with Crippen LogP contribution in [-0.4, -0.2) is 30.1 Å². The van der Waals surface area contributed by atoms with Gasteiger partial charge < -0.3 is 5.73 Å². The van der Waals surface area contributed by atoms with Crippen LogP contribution in [0.3, 0.4) is 0 Å². The third-order valence-electron chi connectivity index (χ3n) is 4.89. The molecule has 1 atom stereocenters. The smallest absolute Gasteiger partial charge is 0.0331 e. The molecule has 2 N–H and O–H groups in total. The zero-order valence-corrected chi connectivity index (χ0v) is 13.6. The van der Waals surface area contributed by atoms with Crippen LogP contribution < -0.4 is 5.73 Å². The van der Waals surface area contributed by atoms with E-state index in [0.29, 0.717) is 5.54 Å². The highest BCUT2D eigenvalue weighted by molar-refractivity contribution is 4.93. The Labute approximate surface area is 121 Å². The second kappa shape index (κ2) is 8.97. The van der Waals surface area contributed by atoms with Gasteiger partial charge >= 0.3 is 0 Å². The maximum atomic E-state index is 6.25. The molecule has 0 amide bonds. The summed E-state index contributed by atoms with van der Waals surface area (Å²) in [6, 6.07) is 0. The van der Waals surface area contributed by atoms with Gasteiger partial charge in [-0.05, 0) is 38.1 Å². The van der Waals surface area contributed by atoms with Crippen molar-refractivity contribution in [2.24, 2.45) is 11.7 Å². The minimum Gasteiger partial charge on any atom is -0.329 e. The van der Waals surface area contributed by atoms with E-state index in [9.17, 15) is 0 Å². The second-order valence-corrected chi connectivity index (χ2v) is 6.68. The van der Waals surface area contributed by atoms with Gasteiger partial charge in [0.2, 0.25) is 0 Å². The van der Waals surface area contributed by atoms with Crippen LogP contribution in [0.15, 0.2) is 0 Å². The Morgan fingerprint density at radius 3 is 2.16 bits per heavy atom. The summed E-state index contributed by atoms with van der Waals surface area (Å²) in [4.78, 5) is 2.76. The zero-order chi connectivity index (χ0) is 14.1. The molecule has 0 bridgehead atoms. The molecule has 19 heavy (non-hydrogen) atoms. The quantitative estimate of drug-likeness (QED) is 0.669. The first-order valence-corrected chi connectivity index (χ1v) is 8.63. The van der Waals surface area contributed by atoms with Crippen molar-refractivity contribution in [3.8, 4) is 0 Å². The van der Waals surface area contributed by atoms with E-state index < -0.39 is 0 Å². The van der Waals surface area contributed by atoms with Gasteiger partial charge in [0.1, 0.15) is 0 Å². The first kappa shape index (κ1) is 17.0. The lowest BCUT2D eigenvalue weighted by Gasteiger charge is -2.44. The molecule has 1 aliphatic rings. The average molecular weight is 268 g/mol. The van der Waals surface area contributed by atoms with E-state index in [4.69, 9.17) is 5.73 Å². The van der Waals surface area contributed by atoms with Crippen LogP contribution in [0.1, 0.15) is 78.6 Å². The summed E-state index contributed by atoms with van der Waals surface area (Å²) < 4.78 is 0. The average Bonchev–Trinajstić information content (AvgIpc) is 2.65. The van der Waals surface area contributed by atoms with E-state index in [0.717, 1.165) is 12.5 Å². The van der Waals surface area contributed by atoms with Crippen LogP contribution in [0, 0.1) is 5.92 Å². The molecule has 1 rings (SSSR count). The van der Waals surface area contributed by atoms with Gasteiger partial charge in [-0.2, -0.15) is 0 Å². The van der Waals surface area contributed by atoms with E-state index in [1.807, 2.05) is 0 Å². The minimum atomic E-state index is 0.314. The number of hydrogen-bond acceptors (Lipinski definition) is 2. The third kappa shape index (κ3) is 5.07. The van der Waals surface area contributed by atoms with Gasteiger partial charge in [0.25, 0.3) is 0 Å². The van der Waals surface area contributed by atoms with Gasteiger partial charge in [-0.1, -0.05) is 52.9 Å². The fourth-order valence-corrected chi connectivity index (χ4v) is 3.79. The summed E-state index contributed by atoms with van der Waals surface area (Å²) in [6.45, 7) is 10.3. The van der Waals surface area contributed by atoms with Crippen molar-refractivity contribution in [1.82, 2.24) is 4.90 Å². The molecule has 2 nitrogen and oxygen atoms in total. The van der Waals surface area contributed by atoms with Crippen molar-refractivity contribution in [2.45, 2.75) is 84.1 Å². The molecule has 1 fully saturated rings. The molecule has 0 aromatic heterocycles. The SMILES string of the molecule is CCCC(C)CN(CCC)C1(CN)CCCCCC1. The maximum Gasteiger partial charge on any atom is 0.0331 e. The van der Waals surface area contributed by atoms with Crippen LogP contribution in [-0.2, 0) is 0 Å². The van der Waals surface area contributed by atoms with Gasteiger partial charge in [0, 0.05) is 18.6 Å². The van der Waals surface area contributed by atoms with E-state index in [1.165, 1.54) is 70.9 Å². The highest BCUT2D eigenvalue weighted by Crippen LogP contribution is 2.33. The lowest BCUT2D eigenvalue weighted by Crippen LogP contribution is -2.55. The number of rotatable bonds is 8. The molecule has 0 aliphatic heterocycles. The third-order valence-corrected chi connectivity index (χ3v) is 4.89. The van der Waals surface area contributed by atoms with Crippen LogP contribution in [0.4, 0.5) is 0 Å². The van der Waals surface area contributed by atoms with E-state index in [-0.39, 0.29) is 0 Å². The van der Waals surface area contributed by atoms with Crippen LogP contribution in [0.2, 0.25) is 0 Å². The molecular weight excluding hydrogens is 232 g/mol. The number of hydrogen-bond donors (Lipinski definition) is 1. The highest BCUT2D eigenvalue weighted by atomic mass is 15.2. The van der Waals surface area contributed by atoms with Crippen molar-refractivity contribution >= 4 is 0 Å². The molecule has 0 aromatic carbocycles. The molecule has 0 spiro atoms. The Balaban J connectivity index is 2.73.